The molecule has 0 aliphatic heterocycles. The highest BCUT2D eigenvalue weighted by molar-refractivity contribution is 5.50. The molecule has 0 aliphatic rings. The zero-order valence-electron chi connectivity index (χ0n) is 10.3. The second kappa shape index (κ2) is 5.81. The molecule has 6 nitrogen and oxygen atoms in total. The molecule has 98 valence electrons. The van der Waals surface area contributed by atoms with Crippen molar-refractivity contribution in [2.45, 2.75) is 6.61 Å². The second-order valence-corrected chi connectivity index (χ2v) is 3.74. The van der Waals surface area contributed by atoms with Crippen molar-refractivity contribution in [2.75, 3.05) is 7.11 Å². The Kier molecular flexibility index (Phi) is 3.92. The zero-order valence-corrected chi connectivity index (χ0v) is 10.3. The molecule has 1 aromatic heterocycles. The minimum atomic E-state index is -0.504. The van der Waals surface area contributed by atoms with Gasteiger partial charge in [-0.1, -0.05) is 6.07 Å². The maximum Gasteiger partial charge on any atom is 0.314 e. The summed E-state index contributed by atoms with van der Waals surface area (Å²) in [6, 6.07) is 8.15. The summed E-state index contributed by atoms with van der Waals surface area (Å²) in [7, 11) is 1.39. The monoisotopic (exact) mass is 260 g/mol. The Hall–Kier alpha value is -2.63. The number of aromatic nitrogens is 1. The van der Waals surface area contributed by atoms with Gasteiger partial charge in [0.25, 0.3) is 0 Å². The van der Waals surface area contributed by atoms with Crippen LogP contribution < -0.4 is 9.47 Å². The van der Waals surface area contributed by atoms with Crippen LogP contribution in [0.5, 0.6) is 11.5 Å². The van der Waals surface area contributed by atoms with Crippen LogP contribution in [0.1, 0.15) is 5.56 Å². The molecule has 0 bridgehead atoms. The quantitative estimate of drug-likeness (QED) is 0.610. The third-order valence-electron chi connectivity index (χ3n) is 2.48. The van der Waals surface area contributed by atoms with Crippen molar-refractivity contribution in [3.63, 3.8) is 0 Å². The first-order valence-electron chi connectivity index (χ1n) is 5.55. The first-order valence-corrected chi connectivity index (χ1v) is 5.55. The highest BCUT2D eigenvalue weighted by Gasteiger charge is 2.15. The molecule has 6 heteroatoms. The number of nitro benzene ring substituents is 1. The molecular weight excluding hydrogens is 248 g/mol. The van der Waals surface area contributed by atoms with Crippen LogP contribution in [-0.2, 0) is 6.61 Å². The molecule has 0 saturated carbocycles. The molecule has 1 heterocycles. The smallest absolute Gasteiger partial charge is 0.314 e. The van der Waals surface area contributed by atoms with E-state index >= 15 is 0 Å². The largest absolute Gasteiger partial charge is 0.490 e. The van der Waals surface area contributed by atoms with Crippen LogP contribution in [0, 0.1) is 10.1 Å². The first kappa shape index (κ1) is 12.8. The lowest BCUT2D eigenvalue weighted by Gasteiger charge is -2.07. The molecule has 0 N–H and O–H groups in total. The minimum absolute atomic E-state index is 0.119. The van der Waals surface area contributed by atoms with Crippen molar-refractivity contribution in [3.05, 3.63) is 58.4 Å². The number of hydrogen-bond donors (Lipinski definition) is 0. The number of pyridine rings is 1. The third-order valence-corrected chi connectivity index (χ3v) is 2.48. The third kappa shape index (κ3) is 3.19. The number of rotatable bonds is 5. The number of hydrogen-bond acceptors (Lipinski definition) is 5. The fraction of sp³-hybridized carbons (Fsp3) is 0.154. The Morgan fingerprint density at radius 1 is 1.37 bits per heavy atom. The van der Waals surface area contributed by atoms with E-state index in [0.29, 0.717) is 12.4 Å². The average Bonchev–Trinajstić information content (AvgIpc) is 2.46. The lowest BCUT2D eigenvalue weighted by molar-refractivity contribution is -0.385. The Morgan fingerprint density at radius 2 is 2.21 bits per heavy atom. The maximum atomic E-state index is 10.9. The molecule has 2 aromatic rings. The average molecular weight is 260 g/mol. The second-order valence-electron chi connectivity index (χ2n) is 3.74. The van der Waals surface area contributed by atoms with Gasteiger partial charge in [-0.2, -0.15) is 0 Å². The molecule has 2 rings (SSSR count). The topological polar surface area (TPSA) is 74.5 Å². The predicted molar refractivity (Wildman–Crippen MR) is 68.2 cm³/mol. The van der Waals surface area contributed by atoms with E-state index in [1.165, 1.54) is 19.2 Å². The van der Waals surface area contributed by atoms with Crippen LogP contribution in [-0.4, -0.2) is 17.0 Å². The summed E-state index contributed by atoms with van der Waals surface area (Å²) in [5.74, 6) is 0.620. The lowest BCUT2D eigenvalue weighted by atomic mass is 10.2. The number of methoxy groups -OCH3 is 1. The lowest BCUT2D eigenvalue weighted by Crippen LogP contribution is -1.98. The van der Waals surface area contributed by atoms with Gasteiger partial charge in [0, 0.05) is 18.0 Å². The van der Waals surface area contributed by atoms with E-state index in [0.717, 1.165) is 5.56 Å². The number of nitrogens with zero attached hydrogens (tertiary/aromatic N) is 2. The van der Waals surface area contributed by atoms with Crippen molar-refractivity contribution < 1.29 is 14.4 Å². The van der Waals surface area contributed by atoms with Crippen molar-refractivity contribution in [2.24, 2.45) is 0 Å². The summed E-state index contributed by atoms with van der Waals surface area (Å²) < 4.78 is 10.4. The van der Waals surface area contributed by atoms with E-state index < -0.39 is 4.92 Å². The molecule has 1 aromatic carbocycles. The molecule has 0 fully saturated rings. The van der Waals surface area contributed by atoms with E-state index in [2.05, 4.69) is 4.98 Å². The van der Waals surface area contributed by atoms with E-state index in [1.807, 2.05) is 6.07 Å². The predicted octanol–water partition coefficient (Wildman–Crippen LogP) is 2.58. The molecule has 0 amide bonds. The summed E-state index contributed by atoms with van der Waals surface area (Å²) >= 11 is 0. The van der Waals surface area contributed by atoms with Crippen molar-refractivity contribution in [1.29, 1.82) is 0 Å². The van der Waals surface area contributed by atoms with Gasteiger partial charge in [0.05, 0.1) is 18.1 Å². The fourth-order valence-corrected chi connectivity index (χ4v) is 1.55. The summed E-state index contributed by atoms with van der Waals surface area (Å²) in [5, 5.41) is 10.9. The van der Waals surface area contributed by atoms with E-state index in [-0.39, 0.29) is 11.4 Å². The van der Waals surface area contributed by atoms with Crippen molar-refractivity contribution in [3.8, 4) is 11.5 Å². The van der Waals surface area contributed by atoms with Gasteiger partial charge < -0.3 is 9.47 Å². The standard InChI is InChI=1S/C13H12N2O4/c1-18-13-5-4-11(7-12(13)15(16)17)19-9-10-3-2-6-14-8-10/h2-8H,9H2,1H3. The van der Waals surface area contributed by atoms with Gasteiger partial charge >= 0.3 is 5.69 Å². The highest BCUT2D eigenvalue weighted by atomic mass is 16.6. The van der Waals surface area contributed by atoms with Crippen LogP contribution in [0.15, 0.2) is 42.7 Å². The maximum absolute atomic E-state index is 10.9. The molecule has 0 aliphatic carbocycles. The summed E-state index contributed by atoms with van der Waals surface area (Å²) in [6.07, 6.45) is 3.35. The van der Waals surface area contributed by atoms with Gasteiger partial charge in [-0.25, -0.2) is 0 Å². The Balaban J connectivity index is 2.13. The van der Waals surface area contributed by atoms with Gasteiger partial charge in [0.1, 0.15) is 12.4 Å². The number of benzene rings is 1. The van der Waals surface area contributed by atoms with Crippen LogP contribution >= 0.6 is 0 Å². The fourth-order valence-electron chi connectivity index (χ4n) is 1.55. The van der Waals surface area contributed by atoms with Gasteiger partial charge in [-0.05, 0) is 18.2 Å². The molecule has 0 unspecified atom stereocenters. The number of ether oxygens (including phenoxy) is 2. The van der Waals surface area contributed by atoms with Crippen molar-refractivity contribution >= 4 is 5.69 Å². The summed E-state index contributed by atoms with van der Waals surface area (Å²) in [4.78, 5) is 14.3. The van der Waals surface area contributed by atoms with Crippen LogP contribution in [0.25, 0.3) is 0 Å². The molecule has 0 radical (unpaired) electrons. The van der Waals surface area contributed by atoms with Gasteiger partial charge in [-0.15, -0.1) is 0 Å². The van der Waals surface area contributed by atoms with Crippen LogP contribution in [0.2, 0.25) is 0 Å². The minimum Gasteiger partial charge on any atom is -0.490 e. The first-order chi connectivity index (χ1) is 9.20. The van der Waals surface area contributed by atoms with Gasteiger partial charge in [0.15, 0.2) is 5.75 Å². The van der Waals surface area contributed by atoms with Gasteiger partial charge in [0.2, 0.25) is 0 Å². The highest BCUT2D eigenvalue weighted by Crippen LogP contribution is 2.30. The normalized spacial score (nSPS) is 9.95. The zero-order chi connectivity index (χ0) is 13.7. The van der Waals surface area contributed by atoms with Gasteiger partial charge in [-0.3, -0.25) is 15.1 Å². The van der Waals surface area contributed by atoms with E-state index in [9.17, 15) is 10.1 Å². The van der Waals surface area contributed by atoms with E-state index in [1.54, 1.807) is 24.5 Å². The molecule has 0 atom stereocenters. The van der Waals surface area contributed by atoms with E-state index in [4.69, 9.17) is 9.47 Å². The molecule has 0 saturated heterocycles. The van der Waals surface area contributed by atoms with Crippen LogP contribution in [0.4, 0.5) is 5.69 Å². The summed E-state index contributed by atoms with van der Waals surface area (Å²) in [6.45, 7) is 0.303. The molecular formula is C13H12N2O4. The molecule has 19 heavy (non-hydrogen) atoms. The molecule has 0 spiro atoms. The SMILES string of the molecule is COc1ccc(OCc2cccnc2)cc1[N+](=O)[O-]. The Bertz CT molecular complexity index is 572. The summed E-state index contributed by atoms with van der Waals surface area (Å²) in [5.41, 5.74) is 0.771. The Labute approximate surface area is 109 Å². The Morgan fingerprint density at radius 3 is 2.84 bits per heavy atom. The van der Waals surface area contributed by atoms with Crippen molar-refractivity contribution in [1.82, 2.24) is 4.98 Å². The number of nitro groups is 1. The van der Waals surface area contributed by atoms with Crippen LogP contribution in [0.3, 0.4) is 0 Å².